The maximum atomic E-state index is 10.8. The van der Waals surface area contributed by atoms with Crippen LogP contribution in [0.4, 0.5) is 0 Å². The van der Waals surface area contributed by atoms with Crippen molar-refractivity contribution in [2.24, 2.45) is 5.11 Å². The molecule has 0 saturated carbocycles. The quantitative estimate of drug-likeness (QED) is 0.297. The molecule has 1 saturated heterocycles. The highest BCUT2D eigenvalue weighted by molar-refractivity contribution is 7.86. The predicted molar refractivity (Wildman–Crippen MR) is 48.1 cm³/mol. The fourth-order valence-electron chi connectivity index (χ4n) is 1.25. The Labute approximate surface area is 81.8 Å². The first kappa shape index (κ1) is 11.3. The highest BCUT2D eigenvalue weighted by Crippen LogP contribution is 2.19. The largest absolute Gasteiger partial charge is 0.375 e. The summed E-state index contributed by atoms with van der Waals surface area (Å²) in [6.45, 7) is 0.516. The second kappa shape index (κ2) is 4.61. The summed E-state index contributed by atoms with van der Waals surface area (Å²) in [6.07, 6.45) is 0.491. The molecule has 7 nitrogen and oxygen atoms in total. The van der Waals surface area contributed by atoms with Crippen LogP contribution in [0, 0.1) is 0 Å². The van der Waals surface area contributed by atoms with Crippen LogP contribution in [0.5, 0.6) is 0 Å². The summed E-state index contributed by atoms with van der Waals surface area (Å²) in [6, 6.07) is 0. The first-order valence-corrected chi connectivity index (χ1v) is 5.85. The highest BCUT2D eigenvalue weighted by atomic mass is 32.2. The van der Waals surface area contributed by atoms with Crippen LogP contribution in [0.1, 0.15) is 6.42 Å². The maximum absolute atomic E-state index is 10.8. The van der Waals surface area contributed by atoms with Crippen LogP contribution < -0.4 is 0 Å². The first-order valence-electron chi connectivity index (χ1n) is 4.03. The molecular formula is C6H11N3O4S. The Balaban J connectivity index is 2.55. The molecule has 1 fully saturated rings. The summed E-state index contributed by atoms with van der Waals surface area (Å²) in [5, 5.41) is 3.31. The second-order valence-electron chi connectivity index (χ2n) is 2.95. The van der Waals surface area contributed by atoms with Crippen LogP contribution in [0.25, 0.3) is 10.4 Å². The van der Waals surface area contributed by atoms with Crippen molar-refractivity contribution in [3.05, 3.63) is 10.4 Å². The number of hydrogen-bond acceptors (Lipinski definition) is 5. The summed E-state index contributed by atoms with van der Waals surface area (Å²) >= 11 is 0. The molecule has 1 rings (SSSR count). The van der Waals surface area contributed by atoms with Gasteiger partial charge in [-0.05, 0) is 5.53 Å². The van der Waals surface area contributed by atoms with Gasteiger partial charge in [-0.2, -0.15) is 8.42 Å². The standard InChI is InChI=1S/C6H11N3O4S/c1-14(10,11)13-5-2-3-12-6(5)4-8-9-7/h5-6H,2-4H2,1H3/t5-,6+/m0/s1. The molecule has 0 aromatic carbocycles. The van der Waals surface area contributed by atoms with Gasteiger partial charge in [0.15, 0.2) is 0 Å². The highest BCUT2D eigenvalue weighted by Gasteiger charge is 2.31. The van der Waals surface area contributed by atoms with Gasteiger partial charge >= 0.3 is 0 Å². The van der Waals surface area contributed by atoms with E-state index in [1.54, 1.807) is 0 Å². The fourth-order valence-corrected chi connectivity index (χ4v) is 1.92. The number of azide groups is 1. The van der Waals surface area contributed by atoms with E-state index in [-0.39, 0.29) is 6.54 Å². The van der Waals surface area contributed by atoms with Crippen molar-refractivity contribution in [1.29, 1.82) is 0 Å². The van der Waals surface area contributed by atoms with Gasteiger partial charge < -0.3 is 4.74 Å². The molecule has 0 N–H and O–H groups in total. The monoisotopic (exact) mass is 221 g/mol. The van der Waals surface area contributed by atoms with Crippen molar-refractivity contribution in [1.82, 2.24) is 0 Å². The molecule has 1 aliphatic heterocycles. The molecule has 8 heteroatoms. The third-order valence-electron chi connectivity index (χ3n) is 1.77. The molecule has 80 valence electrons. The van der Waals surface area contributed by atoms with E-state index in [0.717, 1.165) is 6.26 Å². The Morgan fingerprint density at radius 2 is 2.43 bits per heavy atom. The van der Waals surface area contributed by atoms with Gasteiger partial charge in [-0.15, -0.1) is 0 Å². The topological polar surface area (TPSA) is 101 Å². The van der Waals surface area contributed by atoms with E-state index in [4.69, 9.17) is 14.5 Å². The zero-order valence-corrected chi connectivity index (χ0v) is 8.48. The zero-order valence-electron chi connectivity index (χ0n) is 7.66. The molecular weight excluding hydrogens is 210 g/mol. The zero-order chi connectivity index (χ0) is 10.6. The first-order chi connectivity index (χ1) is 6.53. The van der Waals surface area contributed by atoms with Gasteiger partial charge in [0, 0.05) is 17.9 Å². The van der Waals surface area contributed by atoms with E-state index in [1.165, 1.54) is 0 Å². The SMILES string of the molecule is CS(=O)(=O)O[C@H]1CCO[C@@H]1CN=[N+]=[N-]. The van der Waals surface area contributed by atoms with Crippen molar-refractivity contribution in [2.75, 3.05) is 19.4 Å². The molecule has 1 aliphatic rings. The van der Waals surface area contributed by atoms with E-state index < -0.39 is 22.3 Å². The molecule has 2 atom stereocenters. The summed E-state index contributed by atoms with van der Waals surface area (Å²) in [5.74, 6) is 0. The summed E-state index contributed by atoms with van der Waals surface area (Å²) < 4.78 is 31.6. The normalized spacial score (nSPS) is 27.2. The molecule has 0 aromatic heterocycles. The van der Waals surface area contributed by atoms with Crippen molar-refractivity contribution >= 4 is 10.1 Å². The summed E-state index contributed by atoms with van der Waals surface area (Å²) in [7, 11) is -3.48. The minimum Gasteiger partial charge on any atom is -0.375 e. The van der Waals surface area contributed by atoms with Crippen LogP contribution in [0.2, 0.25) is 0 Å². The van der Waals surface area contributed by atoms with Gasteiger partial charge in [-0.3, -0.25) is 4.18 Å². The Morgan fingerprint density at radius 3 is 3.00 bits per heavy atom. The van der Waals surface area contributed by atoms with Crippen LogP contribution in [-0.2, 0) is 19.0 Å². The third kappa shape index (κ3) is 3.51. The van der Waals surface area contributed by atoms with Gasteiger partial charge in [-0.1, -0.05) is 5.11 Å². The van der Waals surface area contributed by atoms with Crippen LogP contribution in [-0.4, -0.2) is 40.0 Å². The molecule has 0 unspecified atom stereocenters. The lowest BCUT2D eigenvalue weighted by atomic mass is 10.2. The molecule has 0 bridgehead atoms. The number of hydrogen-bond donors (Lipinski definition) is 0. The van der Waals surface area contributed by atoms with Crippen molar-refractivity contribution in [3.63, 3.8) is 0 Å². The summed E-state index contributed by atoms with van der Waals surface area (Å²) in [5.41, 5.74) is 8.09. The molecule has 14 heavy (non-hydrogen) atoms. The second-order valence-corrected chi connectivity index (χ2v) is 4.55. The van der Waals surface area contributed by atoms with Crippen LogP contribution in [0.3, 0.4) is 0 Å². The van der Waals surface area contributed by atoms with E-state index >= 15 is 0 Å². The minimum atomic E-state index is -3.48. The van der Waals surface area contributed by atoms with Gasteiger partial charge in [0.2, 0.25) is 0 Å². The predicted octanol–water partition coefficient (Wildman–Crippen LogP) is 0.430. The minimum absolute atomic E-state index is 0.0939. The molecule has 0 spiro atoms. The summed E-state index contributed by atoms with van der Waals surface area (Å²) in [4.78, 5) is 2.57. The van der Waals surface area contributed by atoms with Gasteiger partial charge in [0.05, 0.1) is 18.9 Å². The van der Waals surface area contributed by atoms with E-state index in [2.05, 4.69) is 10.0 Å². The average Bonchev–Trinajstić information content (AvgIpc) is 2.45. The van der Waals surface area contributed by atoms with Gasteiger partial charge in [0.25, 0.3) is 10.1 Å². The van der Waals surface area contributed by atoms with Crippen molar-refractivity contribution < 1.29 is 17.3 Å². The van der Waals surface area contributed by atoms with Crippen molar-refractivity contribution in [3.8, 4) is 0 Å². The van der Waals surface area contributed by atoms with Crippen LogP contribution in [0.15, 0.2) is 5.11 Å². The third-order valence-corrected chi connectivity index (χ3v) is 2.37. The number of rotatable bonds is 4. The average molecular weight is 221 g/mol. The smallest absolute Gasteiger partial charge is 0.264 e. The molecule has 0 amide bonds. The molecule has 1 heterocycles. The van der Waals surface area contributed by atoms with Gasteiger partial charge in [0.1, 0.15) is 6.10 Å². The Kier molecular flexibility index (Phi) is 3.70. The van der Waals surface area contributed by atoms with E-state index in [9.17, 15) is 8.42 Å². The Bertz CT molecular complexity index is 335. The Hall–Kier alpha value is -0.820. The van der Waals surface area contributed by atoms with Crippen LogP contribution >= 0.6 is 0 Å². The molecule has 0 radical (unpaired) electrons. The maximum Gasteiger partial charge on any atom is 0.264 e. The van der Waals surface area contributed by atoms with E-state index in [0.29, 0.717) is 13.0 Å². The number of ether oxygens (including phenoxy) is 1. The number of nitrogens with zero attached hydrogens (tertiary/aromatic N) is 3. The lowest BCUT2D eigenvalue weighted by molar-refractivity contribution is 0.0633. The Morgan fingerprint density at radius 1 is 1.71 bits per heavy atom. The lowest BCUT2D eigenvalue weighted by Crippen LogP contribution is -2.29. The van der Waals surface area contributed by atoms with Crippen molar-refractivity contribution in [2.45, 2.75) is 18.6 Å². The van der Waals surface area contributed by atoms with Gasteiger partial charge in [-0.25, -0.2) is 0 Å². The molecule has 0 aliphatic carbocycles. The molecule has 0 aromatic rings. The lowest BCUT2D eigenvalue weighted by Gasteiger charge is -2.14. The van der Waals surface area contributed by atoms with E-state index in [1.807, 2.05) is 0 Å². The fraction of sp³-hybridized carbons (Fsp3) is 1.00.